The van der Waals surface area contributed by atoms with Crippen LogP contribution >= 0.6 is 0 Å². The largest absolute Gasteiger partial charge is 0.326 e. The summed E-state index contributed by atoms with van der Waals surface area (Å²) in [5, 5.41) is 3.52. The van der Waals surface area contributed by atoms with Gasteiger partial charge in [-0.1, -0.05) is 33.6 Å². The number of carbonyl (C=O) groups is 1. The van der Waals surface area contributed by atoms with E-state index in [-0.39, 0.29) is 12.2 Å². The van der Waals surface area contributed by atoms with Gasteiger partial charge in [0.15, 0.2) is 0 Å². The van der Waals surface area contributed by atoms with E-state index in [4.69, 9.17) is 0 Å². The van der Waals surface area contributed by atoms with Gasteiger partial charge in [-0.2, -0.15) is 0 Å². The molecule has 98 valence electrons. The molecule has 0 radical (unpaired) electrons. The number of carbonyl (C=O) groups excluding carboxylic acids is 1. The zero-order chi connectivity index (χ0) is 12.4. The fourth-order valence-corrected chi connectivity index (χ4v) is 2.85. The maximum atomic E-state index is 12.4. The van der Waals surface area contributed by atoms with Crippen LogP contribution in [0.2, 0.25) is 0 Å². The highest BCUT2D eigenvalue weighted by atomic mass is 16.2. The minimum absolute atomic E-state index is 0.0602. The van der Waals surface area contributed by atoms with E-state index in [0.717, 1.165) is 25.3 Å². The Morgan fingerprint density at radius 2 is 2.12 bits per heavy atom. The maximum absolute atomic E-state index is 12.4. The van der Waals surface area contributed by atoms with Crippen molar-refractivity contribution in [3.05, 3.63) is 0 Å². The van der Waals surface area contributed by atoms with E-state index in [1.807, 2.05) is 0 Å². The van der Waals surface area contributed by atoms with Crippen molar-refractivity contribution in [2.45, 2.75) is 65.1 Å². The second-order valence-electron chi connectivity index (χ2n) is 5.74. The molecule has 1 N–H and O–H groups in total. The summed E-state index contributed by atoms with van der Waals surface area (Å²) in [5.41, 5.74) is 0. The fourth-order valence-electron chi connectivity index (χ4n) is 2.85. The molecular weight excluding hydrogens is 212 g/mol. The average molecular weight is 238 g/mol. The van der Waals surface area contributed by atoms with Crippen molar-refractivity contribution in [1.29, 1.82) is 0 Å². The lowest BCUT2D eigenvalue weighted by molar-refractivity contribution is -0.131. The van der Waals surface area contributed by atoms with E-state index in [1.165, 1.54) is 19.3 Å². The molecule has 3 heteroatoms. The van der Waals surface area contributed by atoms with Crippen LogP contribution in [0.4, 0.5) is 0 Å². The summed E-state index contributed by atoms with van der Waals surface area (Å²) in [5.74, 6) is 1.56. The summed E-state index contributed by atoms with van der Waals surface area (Å²) in [4.78, 5) is 14.5. The molecule has 3 nitrogen and oxygen atoms in total. The van der Waals surface area contributed by atoms with Crippen LogP contribution in [0, 0.1) is 11.8 Å². The van der Waals surface area contributed by atoms with Gasteiger partial charge in [0.2, 0.25) is 5.91 Å². The molecule has 0 spiro atoms. The third-order valence-corrected chi connectivity index (χ3v) is 4.58. The SMILES string of the molecule is CCC(C)C1NC(CC)N(CC2CCC2)C1=O. The predicted octanol–water partition coefficient (Wildman–Crippen LogP) is 2.37. The summed E-state index contributed by atoms with van der Waals surface area (Å²) < 4.78 is 0. The third-order valence-electron chi connectivity index (χ3n) is 4.58. The predicted molar refractivity (Wildman–Crippen MR) is 69.5 cm³/mol. The Kier molecular flexibility index (Phi) is 4.08. The van der Waals surface area contributed by atoms with Crippen LogP contribution in [0.3, 0.4) is 0 Å². The number of hydrogen-bond acceptors (Lipinski definition) is 2. The first-order chi connectivity index (χ1) is 8.17. The van der Waals surface area contributed by atoms with Gasteiger partial charge in [-0.15, -0.1) is 0 Å². The summed E-state index contributed by atoms with van der Waals surface area (Å²) in [6.07, 6.45) is 6.35. The van der Waals surface area contributed by atoms with Crippen LogP contribution in [-0.4, -0.2) is 29.6 Å². The van der Waals surface area contributed by atoms with Gasteiger partial charge in [0.25, 0.3) is 0 Å². The molecule has 1 aliphatic heterocycles. The molecule has 1 heterocycles. The molecular formula is C14H26N2O. The lowest BCUT2D eigenvalue weighted by atomic mass is 9.85. The van der Waals surface area contributed by atoms with Gasteiger partial charge in [0.1, 0.15) is 0 Å². The average Bonchev–Trinajstić information content (AvgIpc) is 2.59. The third kappa shape index (κ3) is 2.49. The Bertz CT molecular complexity index is 275. The zero-order valence-electron chi connectivity index (χ0n) is 11.4. The van der Waals surface area contributed by atoms with Crippen LogP contribution < -0.4 is 5.32 Å². The van der Waals surface area contributed by atoms with E-state index >= 15 is 0 Å². The minimum Gasteiger partial charge on any atom is -0.326 e. The van der Waals surface area contributed by atoms with Gasteiger partial charge >= 0.3 is 0 Å². The van der Waals surface area contributed by atoms with Gasteiger partial charge in [0.05, 0.1) is 12.2 Å². The van der Waals surface area contributed by atoms with Crippen LogP contribution in [0.25, 0.3) is 0 Å². The van der Waals surface area contributed by atoms with Crippen LogP contribution in [0.1, 0.15) is 52.9 Å². The van der Waals surface area contributed by atoms with Crippen molar-refractivity contribution in [3.8, 4) is 0 Å². The van der Waals surface area contributed by atoms with Crippen LogP contribution in [0.5, 0.6) is 0 Å². The molecule has 0 aromatic heterocycles. The van der Waals surface area contributed by atoms with E-state index in [9.17, 15) is 4.79 Å². The van der Waals surface area contributed by atoms with Gasteiger partial charge in [-0.3, -0.25) is 10.1 Å². The highest BCUT2D eigenvalue weighted by Crippen LogP contribution is 2.30. The molecule has 3 unspecified atom stereocenters. The quantitative estimate of drug-likeness (QED) is 0.797. The van der Waals surface area contributed by atoms with Crippen molar-refractivity contribution in [3.63, 3.8) is 0 Å². The molecule has 1 amide bonds. The molecule has 3 atom stereocenters. The van der Waals surface area contributed by atoms with Crippen molar-refractivity contribution >= 4 is 5.91 Å². The minimum atomic E-state index is 0.0602. The molecule has 1 saturated heterocycles. The summed E-state index contributed by atoms with van der Waals surface area (Å²) in [7, 11) is 0. The first-order valence-corrected chi connectivity index (χ1v) is 7.23. The number of nitrogens with zero attached hydrogens (tertiary/aromatic N) is 1. The Hall–Kier alpha value is -0.570. The Balaban J connectivity index is 1.99. The maximum Gasteiger partial charge on any atom is 0.241 e. The van der Waals surface area contributed by atoms with E-state index < -0.39 is 0 Å². The topological polar surface area (TPSA) is 32.3 Å². The molecule has 2 rings (SSSR count). The second-order valence-corrected chi connectivity index (χ2v) is 5.74. The van der Waals surface area contributed by atoms with Gasteiger partial charge in [-0.25, -0.2) is 0 Å². The van der Waals surface area contributed by atoms with Crippen LogP contribution in [-0.2, 0) is 4.79 Å². The first-order valence-electron chi connectivity index (χ1n) is 7.23. The van der Waals surface area contributed by atoms with Crippen molar-refractivity contribution < 1.29 is 4.79 Å². The number of rotatable bonds is 5. The lowest BCUT2D eigenvalue weighted by Gasteiger charge is -2.32. The molecule has 0 aromatic carbocycles. The van der Waals surface area contributed by atoms with E-state index in [2.05, 4.69) is 31.0 Å². The molecule has 17 heavy (non-hydrogen) atoms. The first kappa shape index (κ1) is 12.9. The molecule has 2 aliphatic rings. The standard InChI is InChI=1S/C14H26N2O/c1-4-10(3)13-14(17)16(12(5-2)15-13)9-11-7-6-8-11/h10-13,15H,4-9H2,1-3H3. The Morgan fingerprint density at radius 1 is 1.41 bits per heavy atom. The van der Waals surface area contributed by atoms with Gasteiger partial charge < -0.3 is 4.90 Å². The summed E-state index contributed by atoms with van der Waals surface area (Å²) in [6.45, 7) is 7.49. The highest BCUT2D eigenvalue weighted by Gasteiger charge is 2.41. The van der Waals surface area contributed by atoms with Gasteiger partial charge in [0, 0.05) is 6.54 Å². The van der Waals surface area contributed by atoms with Crippen molar-refractivity contribution in [2.24, 2.45) is 11.8 Å². The normalized spacial score (nSPS) is 31.7. The second kappa shape index (κ2) is 5.38. The molecule has 1 saturated carbocycles. The van der Waals surface area contributed by atoms with Gasteiger partial charge in [-0.05, 0) is 31.1 Å². The monoisotopic (exact) mass is 238 g/mol. The van der Waals surface area contributed by atoms with Crippen LogP contribution in [0.15, 0.2) is 0 Å². The van der Waals surface area contributed by atoms with Crippen molar-refractivity contribution in [2.75, 3.05) is 6.54 Å². The van der Waals surface area contributed by atoms with E-state index in [1.54, 1.807) is 0 Å². The molecule has 1 aliphatic carbocycles. The molecule has 0 bridgehead atoms. The Labute approximate surface area is 105 Å². The molecule has 2 fully saturated rings. The summed E-state index contributed by atoms with van der Waals surface area (Å²) in [6, 6.07) is 0.0602. The number of hydrogen-bond donors (Lipinski definition) is 1. The lowest BCUT2D eigenvalue weighted by Crippen LogP contribution is -2.41. The number of nitrogens with one attached hydrogen (secondary N) is 1. The number of amides is 1. The van der Waals surface area contributed by atoms with Crippen molar-refractivity contribution in [1.82, 2.24) is 10.2 Å². The molecule has 0 aromatic rings. The van der Waals surface area contributed by atoms with E-state index in [0.29, 0.717) is 11.8 Å². The fraction of sp³-hybridized carbons (Fsp3) is 0.929. The Morgan fingerprint density at radius 3 is 2.59 bits per heavy atom. The summed E-state index contributed by atoms with van der Waals surface area (Å²) >= 11 is 0. The zero-order valence-corrected chi connectivity index (χ0v) is 11.4. The smallest absolute Gasteiger partial charge is 0.241 e. The highest BCUT2D eigenvalue weighted by molar-refractivity contribution is 5.84.